The van der Waals surface area contributed by atoms with E-state index in [4.69, 9.17) is 4.74 Å². The largest absolute Gasteiger partial charge is 0.483 e. The van der Waals surface area contributed by atoms with E-state index in [9.17, 15) is 4.79 Å². The van der Waals surface area contributed by atoms with E-state index in [-0.39, 0.29) is 12.5 Å². The first-order chi connectivity index (χ1) is 12.0. The molecule has 0 bridgehead atoms. The molecule has 0 spiro atoms. The van der Waals surface area contributed by atoms with Gasteiger partial charge in [0.05, 0.1) is 5.52 Å². The molecule has 5 nitrogen and oxygen atoms in total. The first-order valence-electron chi connectivity index (χ1n) is 9.01. The van der Waals surface area contributed by atoms with Crippen LogP contribution in [0.15, 0.2) is 30.5 Å². The molecule has 0 unspecified atom stereocenters. The van der Waals surface area contributed by atoms with Gasteiger partial charge in [-0.1, -0.05) is 19.9 Å². The van der Waals surface area contributed by atoms with Crippen LogP contribution in [0, 0.1) is 12.8 Å². The van der Waals surface area contributed by atoms with E-state index in [0.29, 0.717) is 5.92 Å². The lowest BCUT2D eigenvalue weighted by Gasteiger charge is -2.35. The van der Waals surface area contributed by atoms with Gasteiger partial charge in [-0.2, -0.15) is 0 Å². The highest BCUT2D eigenvalue weighted by Crippen LogP contribution is 2.24. The second kappa shape index (κ2) is 7.83. The fourth-order valence-electron chi connectivity index (χ4n) is 3.28. The van der Waals surface area contributed by atoms with Crippen molar-refractivity contribution < 1.29 is 9.53 Å². The van der Waals surface area contributed by atoms with E-state index in [1.165, 1.54) is 0 Å². The number of hydrogen-bond donors (Lipinski definition) is 0. The maximum atomic E-state index is 12.5. The van der Waals surface area contributed by atoms with Crippen LogP contribution in [0.1, 0.15) is 19.4 Å². The standard InChI is InChI=1S/C20H27N3O2/c1-15(2)13-22-8-10-23(11-9-22)20(24)14-25-19-6-7-21-18-12-16(3)4-5-17(18)19/h4-7,12,15H,8-11,13-14H2,1-3H3. The third-order valence-corrected chi connectivity index (χ3v) is 4.56. The number of benzene rings is 1. The van der Waals surface area contributed by atoms with Crippen molar-refractivity contribution in [2.24, 2.45) is 5.92 Å². The SMILES string of the molecule is Cc1ccc2c(OCC(=O)N3CCN(CC(C)C)CC3)ccnc2c1. The molecule has 1 amide bonds. The summed E-state index contributed by atoms with van der Waals surface area (Å²) in [5, 5.41) is 0.947. The van der Waals surface area contributed by atoms with Gasteiger partial charge in [0.2, 0.25) is 0 Å². The van der Waals surface area contributed by atoms with Gasteiger partial charge in [-0.25, -0.2) is 0 Å². The lowest BCUT2D eigenvalue weighted by atomic mass is 10.1. The first-order valence-corrected chi connectivity index (χ1v) is 9.01. The van der Waals surface area contributed by atoms with Crippen LogP contribution in [0.5, 0.6) is 5.75 Å². The number of piperazine rings is 1. The van der Waals surface area contributed by atoms with Crippen LogP contribution in [0.2, 0.25) is 0 Å². The number of fused-ring (bicyclic) bond motifs is 1. The fourth-order valence-corrected chi connectivity index (χ4v) is 3.28. The van der Waals surface area contributed by atoms with Crippen molar-refractivity contribution in [3.05, 3.63) is 36.0 Å². The number of hydrogen-bond acceptors (Lipinski definition) is 4. The number of pyridine rings is 1. The molecule has 1 saturated heterocycles. The maximum absolute atomic E-state index is 12.5. The Balaban J connectivity index is 1.56. The third kappa shape index (κ3) is 4.48. The van der Waals surface area contributed by atoms with Gasteiger partial charge >= 0.3 is 0 Å². The minimum absolute atomic E-state index is 0.0567. The minimum atomic E-state index is 0.0567. The molecule has 2 aromatic rings. The molecule has 1 aliphatic heterocycles. The van der Waals surface area contributed by atoms with E-state index < -0.39 is 0 Å². The number of aromatic nitrogens is 1. The fraction of sp³-hybridized carbons (Fsp3) is 0.500. The van der Waals surface area contributed by atoms with Crippen molar-refractivity contribution in [3.63, 3.8) is 0 Å². The van der Waals surface area contributed by atoms with Crippen LogP contribution in [0.3, 0.4) is 0 Å². The molecule has 1 aromatic heterocycles. The summed E-state index contributed by atoms with van der Waals surface area (Å²) in [5.74, 6) is 1.44. The highest BCUT2D eigenvalue weighted by molar-refractivity contribution is 5.86. The van der Waals surface area contributed by atoms with Crippen molar-refractivity contribution in [3.8, 4) is 5.75 Å². The molecule has 5 heteroatoms. The molecule has 1 aromatic carbocycles. The number of nitrogens with zero attached hydrogens (tertiary/aromatic N) is 3. The van der Waals surface area contributed by atoms with E-state index in [1.54, 1.807) is 6.20 Å². The highest BCUT2D eigenvalue weighted by atomic mass is 16.5. The normalized spacial score (nSPS) is 15.8. The monoisotopic (exact) mass is 341 g/mol. The second-order valence-electron chi connectivity index (χ2n) is 7.19. The lowest BCUT2D eigenvalue weighted by molar-refractivity contribution is -0.135. The topological polar surface area (TPSA) is 45.7 Å². The Kier molecular flexibility index (Phi) is 5.53. The van der Waals surface area contributed by atoms with Gasteiger partial charge in [-0.15, -0.1) is 0 Å². The number of amides is 1. The van der Waals surface area contributed by atoms with Gasteiger partial charge in [-0.3, -0.25) is 14.7 Å². The Hall–Kier alpha value is -2.14. The number of ether oxygens (including phenoxy) is 1. The van der Waals surface area contributed by atoms with Gasteiger partial charge in [0.25, 0.3) is 5.91 Å². The van der Waals surface area contributed by atoms with E-state index in [0.717, 1.165) is 54.9 Å². The number of carbonyl (C=O) groups excluding carboxylic acids is 1. The molecule has 0 atom stereocenters. The molecular formula is C20H27N3O2. The van der Waals surface area contributed by atoms with E-state index >= 15 is 0 Å². The predicted molar refractivity (Wildman–Crippen MR) is 99.8 cm³/mol. The lowest BCUT2D eigenvalue weighted by Crippen LogP contribution is -2.50. The zero-order valence-electron chi connectivity index (χ0n) is 15.4. The molecule has 1 aliphatic rings. The Morgan fingerprint density at radius 3 is 2.68 bits per heavy atom. The smallest absolute Gasteiger partial charge is 0.260 e. The Labute approximate surface area is 149 Å². The molecule has 0 aliphatic carbocycles. The molecule has 3 rings (SSSR count). The predicted octanol–water partition coefficient (Wildman–Crippen LogP) is 2.72. The molecule has 1 fully saturated rings. The quantitative estimate of drug-likeness (QED) is 0.839. The molecule has 0 N–H and O–H groups in total. The first kappa shape index (κ1) is 17.7. The molecule has 25 heavy (non-hydrogen) atoms. The third-order valence-electron chi connectivity index (χ3n) is 4.56. The minimum Gasteiger partial charge on any atom is -0.483 e. The van der Waals surface area contributed by atoms with Gasteiger partial charge < -0.3 is 9.64 Å². The molecule has 2 heterocycles. The molecular weight excluding hydrogens is 314 g/mol. The van der Waals surface area contributed by atoms with Crippen molar-refractivity contribution in [1.29, 1.82) is 0 Å². The van der Waals surface area contributed by atoms with Crippen LogP contribution in [-0.4, -0.2) is 60.0 Å². The summed E-state index contributed by atoms with van der Waals surface area (Å²) >= 11 is 0. The van der Waals surface area contributed by atoms with Crippen LogP contribution in [-0.2, 0) is 4.79 Å². The summed E-state index contributed by atoms with van der Waals surface area (Å²) in [7, 11) is 0. The summed E-state index contributed by atoms with van der Waals surface area (Å²) in [6.45, 7) is 11.1. The summed E-state index contributed by atoms with van der Waals surface area (Å²) < 4.78 is 5.82. The van der Waals surface area contributed by atoms with Crippen molar-refractivity contribution in [1.82, 2.24) is 14.8 Å². The Bertz CT molecular complexity index is 737. The van der Waals surface area contributed by atoms with Gasteiger partial charge in [-0.05, 0) is 36.6 Å². The van der Waals surface area contributed by atoms with Crippen LogP contribution in [0.25, 0.3) is 10.9 Å². The summed E-state index contributed by atoms with van der Waals surface area (Å²) in [4.78, 5) is 21.2. The summed E-state index contributed by atoms with van der Waals surface area (Å²) in [5.41, 5.74) is 2.06. The zero-order chi connectivity index (χ0) is 17.8. The number of aryl methyl sites for hydroxylation is 1. The Morgan fingerprint density at radius 1 is 1.20 bits per heavy atom. The van der Waals surface area contributed by atoms with Crippen LogP contribution in [0.4, 0.5) is 0 Å². The maximum Gasteiger partial charge on any atom is 0.260 e. The van der Waals surface area contributed by atoms with Gasteiger partial charge in [0.1, 0.15) is 5.75 Å². The average molecular weight is 341 g/mol. The molecule has 134 valence electrons. The van der Waals surface area contributed by atoms with Crippen molar-refractivity contribution >= 4 is 16.8 Å². The van der Waals surface area contributed by atoms with Gasteiger partial charge in [0.15, 0.2) is 6.61 Å². The highest BCUT2D eigenvalue weighted by Gasteiger charge is 2.21. The number of rotatable bonds is 5. The van der Waals surface area contributed by atoms with Crippen LogP contribution < -0.4 is 4.74 Å². The molecule has 0 saturated carbocycles. The number of carbonyl (C=O) groups is 1. The van der Waals surface area contributed by atoms with E-state index in [1.807, 2.05) is 36.1 Å². The average Bonchev–Trinajstić information content (AvgIpc) is 2.59. The Morgan fingerprint density at radius 2 is 1.96 bits per heavy atom. The summed E-state index contributed by atoms with van der Waals surface area (Å²) in [6, 6.07) is 7.89. The summed E-state index contributed by atoms with van der Waals surface area (Å²) in [6.07, 6.45) is 1.73. The van der Waals surface area contributed by atoms with Crippen molar-refractivity contribution in [2.75, 3.05) is 39.3 Å². The van der Waals surface area contributed by atoms with Crippen molar-refractivity contribution in [2.45, 2.75) is 20.8 Å². The zero-order valence-corrected chi connectivity index (χ0v) is 15.4. The van der Waals surface area contributed by atoms with Gasteiger partial charge in [0, 0.05) is 44.3 Å². The van der Waals surface area contributed by atoms with Crippen LogP contribution >= 0.6 is 0 Å². The second-order valence-corrected chi connectivity index (χ2v) is 7.19. The van der Waals surface area contributed by atoms with E-state index in [2.05, 4.69) is 23.7 Å². The molecule has 0 radical (unpaired) electrons.